The fourth-order valence-electron chi connectivity index (χ4n) is 2.36. The average Bonchev–Trinajstić information content (AvgIpc) is 2.73. The lowest BCUT2D eigenvalue weighted by molar-refractivity contribution is -0.122. The van der Waals surface area contributed by atoms with Crippen molar-refractivity contribution in [2.75, 3.05) is 7.05 Å². The molecule has 1 atom stereocenters. The van der Waals surface area contributed by atoms with Gasteiger partial charge in [0.2, 0.25) is 5.91 Å². The predicted molar refractivity (Wildman–Crippen MR) is 112 cm³/mol. The van der Waals surface area contributed by atoms with E-state index in [1.54, 1.807) is 0 Å². The topological polar surface area (TPSA) is 124 Å². The molecule has 0 aliphatic heterocycles. The molecule has 1 aromatic heterocycles. The molecule has 2 amide bonds. The zero-order valence-electron chi connectivity index (χ0n) is 17.1. The van der Waals surface area contributed by atoms with Gasteiger partial charge in [0.05, 0.1) is 6.20 Å². The van der Waals surface area contributed by atoms with Crippen molar-refractivity contribution in [3.63, 3.8) is 0 Å². The van der Waals surface area contributed by atoms with Gasteiger partial charge in [-0.3, -0.25) is 14.6 Å². The minimum atomic E-state index is -1.11. The van der Waals surface area contributed by atoms with E-state index in [9.17, 15) is 9.59 Å². The second-order valence-electron chi connectivity index (χ2n) is 6.87. The summed E-state index contributed by atoms with van der Waals surface area (Å²) in [6, 6.07) is 8.83. The Morgan fingerprint density at radius 3 is 2.31 bits per heavy atom. The summed E-state index contributed by atoms with van der Waals surface area (Å²) >= 11 is 0. The number of carbonyl (C=O) groups is 2. The van der Waals surface area contributed by atoms with E-state index < -0.39 is 19.1 Å². The zero-order chi connectivity index (χ0) is 21.6. The number of rotatable bonds is 8. The molecule has 0 fully saturated rings. The molecule has 2 aromatic rings. The van der Waals surface area contributed by atoms with Gasteiger partial charge in [0.15, 0.2) is 0 Å². The molecular formula is C20H29BN4O4. The first kappa shape index (κ1) is 24.3. The van der Waals surface area contributed by atoms with Crippen molar-refractivity contribution < 1.29 is 19.6 Å². The quantitative estimate of drug-likeness (QED) is 0.492. The number of likely N-dealkylation sites (N-methyl/N-ethyl adjacent to an activating group) is 1. The number of benzene rings is 1. The molecule has 0 saturated heterocycles. The van der Waals surface area contributed by atoms with Crippen LogP contribution in [0.25, 0.3) is 0 Å². The number of nitrogens with one attached hydrogen (secondary N) is 2. The predicted octanol–water partition coefficient (Wildman–Crippen LogP) is 1.07. The van der Waals surface area contributed by atoms with E-state index in [4.69, 9.17) is 10.0 Å². The summed E-state index contributed by atoms with van der Waals surface area (Å²) in [7, 11) is 0.423. The maximum atomic E-state index is 12.1. The lowest BCUT2D eigenvalue weighted by Crippen LogP contribution is -2.47. The van der Waals surface area contributed by atoms with E-state index in [-0.39, 0.29) is 11.6 Å². The minimum Gasteiger partial charge on any atom is -0.427 e. The zero-order valence-corrected chi connectivity index (χ0v) is 17.1. The third-order valence-corrected chi connectivity index (χ3v) is 3.95. The van der Waals surface area contributed by atoms with E-state index in [1.807, 2.05) is 30.3 Å². The Hall–Kier alpha value is -2.78. The lowest BCUT2D eigenvalue weighted by atomic mass is 9.82. The van der Waals surface area contributed by atoms with Gasteiger partial charge in [-0.2, -0.15) is 0 Å². The summed E-state index contributed by atoms with van der Waals surface area (Å²) in [5, 5.41) is 21.9. The highest BCUT2D eigenvalue weighted by atomic mass is 16.4. The molecule has 156 valence electrons. The first-order chi connectivity index (χ1) is 13.8. The molecule has 29 heavy (non-hydrogen) atoms. The van der Waals surface area contributed by atoms with E-state index in [0.29, 0.717) is 18.7 Å². The van der Waals surface area contributed by atoms with Gasteiger partial charge in [-0.15, -0.1) is 0 Å². The Bertz CT molecular complexity index is 722. The Morgan fingerprint density at radius 1 is 1.14 bits per heavy atom. The highest BCUT2D eigenvalue weighted by Gasteiger charge is 2.21. The number of nitrogens with zero attached hydrogens (tertiary/aromatic N) is 2. The first-order valence-corrected chi connectivity index (χ1v) is 9.52. The third kappa shape index (κ3) is 10.4. The maximum Gasteiger partial charge on any atom is 0.451 e. The second kappa shape index (κ2) is 13.4. The van der Waals surface area contributed by atoms with Crippen molar-refractivity contribution in [1.29, 1.82) is 0 Å². The van der Waals surface area contributed by atoms with Crippen LogP contribution in [-0.2, 0) is 11.2 Å². The molecule has 1 unspecified atom stereocenters. The van der Waals surface area contributed by atoms with Gasteiger partial charge < -0.3 is 20.7 Å². The molecule has 4 N–H and O–H groups in total. The van der Waals surface area contributed by atoms with Crippen LogP contribution < -0.4 is 10.6 Å². The van der Waals surface area contributed by atoms with Crippen molar-refractivity contribution in [2.45, 2.75) is 39.1 Å². The van der Waals surface area contributed by atoms with Crippen LogP contribution in [0, 0.1) is 5.92 Å². The normalized spacial score (nSPS) is 11.1. The molecule has 8 nitrogen and oxygen atoms in total. The molecular weight excluding hydrogens is 371 g/mol. The summed E-state index contributed by atoms with van der Waals surface area (Å²) < 4.78 is 0. The fourth-order valence-corrected chi connectivity index (χ4v) is 2.36. The van der Waals surface area contributed by atoms with Crippen LogP contribution in [0.15, 0.2) is 48.9 Å². The summed E-state index contributed by atoms with van der Waals surface area (Å²) in [6.07, 6.45) is 6.07. The second-order valence-corrected chi connectivity index (χ2v) is 6.87. The monoisotopic (exact) mass is 400 g/mol. The minimum absolute atomic E-state index is 0.180. The van der Waals surface area contributed by atoms with Crippen LogP contribution in [0.3, 0.4) is 0 Å². The first-order valence-electron chi connectivity index (χ1n) is 9.52. The van der Waals surface area contributed by atoms with Gasteiger partial charge in [-0.1, -0.05) is 50.6 Å². The van der Waals surface area contributed by atoms with Crippen molar-refractivity contribution in [3.8, 4) is 0 Å². The van der Waals surface area contributed by atoms with Gasteiger partial charge in [0.1, 0.15) is 11.7 Å². The Morgan fingerprint density at radius 2 is 1.83 bits per heavy atom. The number of aromatic nitrogens is 2. The number of hydrogen-bond donors (Lipinski definition) is 4. The Balaban J connectivity index is 0.000000447. The van der Waals surface area contributed by atoms with Gasteiger partial charge in [-0.05, 0) is 17.8 Å². The van der Waals surface area contributed by atoms with Crippen LogP contribution in [-0.4, -0.2) is 52.0 Å². The Labute approximate surface area is 171 Å². The van der Waals surface area contributed by atoms with Crippen LogP contribution in [0.4, 0.5) is 0 Å². The fraction of sp³-hybridized carbons (Fsp3) is 0.400. The largest absolute Gasteiger partial charge is 0.451 e. The summed E-state index contributed by atoms with van der Waals surface area (Å²) in [5.41, 5.74) is 1.14. The Kier molecular flexibility index (Phi) is 11.2. The summed E-state index contributed by atoms with van der Waals surface area (Å²) in [6.45, 7) is 4.12. The molecule has 9 heteroatoms. The molecule has 1 heterocycles. The summed E-state index contributed by atoms with van der Waals surface area (Å²) in [5.74, 6) is -0.111. The third-order valence-electron chi connectivity index (χ3n) is 3.95. The number of hydrogen-bond acceptors (Lipinski definition) is 6. The van der Waals surface area contributed by atoms with Crippen LogP contribution in [0.2, 0.25) is 6.32 Å². The average molecular weight is 400 g/mol. The molecule has 0 spiro atoms. The molecule has 0 radical (unpaired) electrons. The van der Waals surface area contributed by atoms with Crippen molar-refractivity contribution in [1.82, 2.24) is 20.6 Å². The highest BCUT2D eigenvalue weighted by molar-refractivity contribution is 6.40. The molecule has 0 aliphatic carbocycles. The standard InChI is InChI=1S/C15H16N4O2.C5H13BO2/c1-16-14(20)12(9-11-5-3-2-4-6-11)19-15(21)13-10-17-7-8-18-13;1-5(2)3-4-6(7)8/h2-8,10,12H,9H2,1H3,(H,16,20)(H,19,21);5,7-8H,3-4H2,1-2H3. The van der Waals surface area contributed by atoms with E-state index in [2.05, 4.69) is 34.4 Å². The van der Waals surface area contributed by atoms with E-state index >= 15 is 0 Å². The van der Waals surface area contributed by atoms with Gasteiger partial charge in [0.25, 0.3) is 5.91 Å². The van der Waals surface area contributed by atoms with Crippen molar-refractivity contribution >= 4 is 18.9 Å². The van der Waals surface area contributed by atoms with Gasteiger partial charge in [-0.25, -0.2) is 4.98 Å². The maximum absolute atomic E-state index is 12.1. The van der Waals surface area contributed by atoms with E-state index in [1.165, 1.54) is 25.6 Å². The molecule has 0 saturated carbocycles. The number of carbonyl (C=O) groups excluding carboxylic acids is 2. The van der Waals surface area contributed by atoms with Crippen LogP contribution in [0.5, 0.6) is 0 Å². The van der Waals surface area contributed by atoms with Crippen molar-refractivity contribution in [3.05, 3.63) is 60.2 Å². The lowest BCUT2D eigenvalue weighted by Gasteiger charge is -2.17. The SMILES string of the molecule is CC(C)CCB(O)O.CNC(=O)C(Cc1ccccc1)NC(=O)c1cnccn1. The van der Waals surface area contributed by atoms with Crippen molar-refractivity contribution in [2.24, 2.45) is 5.92 Å². The smallest absolute Gasteiger partial charge is 0.427 e. The molecule has 0 aliphatic rings. The van der Waals surface area contributed by atoms with E-state index in [0.717, 1.165) is 12.0 Å². The van der Waals surface area contributed by atoms with Gasteiger partial charge in [0, 0.05) is 25.9 Å². The van der Waals surface area contributed by atoms with Gasteiger partial charge >= 0.3 is 7.12 Å². The molecule has 1 aromatic carbocycles. The molecule has 0 bridgehead atoms. The molecule has 2 rings (SSSR count). The highest BCUT2D eigenvalue weighted by Crippen LogP contribution is 2.05. The van der Waals surface area contributed by atoms with Crippen LogP contribution >= 0.6 is 0 Å². The van der Waals surface area contributed by atoms with Crippen LogP contribution in [0.1, 0.15) is 36.3 Å². The number of amides is 2. The summed E-state index contributed by atoms with van der Waals surface area (Å²) in [4.78, 5) is 31.7.